The van der Waals surface area contributed by atoms with E-state index in [-0.39, 0.29) is 0 Å². The SMILES string of the molecule is CCNCc1cc(OCCC2CCC2)nc2ccccc12. The van der Waals surface area contributed by atoms with Gasteiger partial charge in [-0.2, -0.15) is 0 Å². The van der Waals surface area contributed by atoms with Crippen LogP contribution in [0.1, 0.15) is 38.2 Å². The molecule has 1 aliphatic carbocycles. The van der Waals surface area contributed by atoms with E-state index < -0.39 is 0 Å². The van der Waals surface area contributed by atoms with Crippen molar-refractivity contribution in [2.75, 3.05) is 13.2 Å². The standard InChI is InChI=1S/C18H24N2O/c1-2-19-13-15-12-18(21-11-10-14-6-5-7-14)20-17-9-4-3-8-16(15)17/h3-4,8-9,12,14,19H,2,5-7,10-11,13H2,1H3. The van der Waals surface area contributed by atoms with Crippen molar-refractivity contribution in [3.8, 4) is 5.88 Å². The molecular weight excluding hydrogens is 260 g/mol. The number of hydrogen-bond donors (Lipinski definition) is 1. The molecule has 0 saturated heterocycles. The van der Waals surface area contributed by atoms with Gasteiger partial charge < -0.3 is 10.1 Å². The van der Waals surface area contributed by atoms with E-state index in [1.165, 1.54) is 30.2 Å². The first kappa shape index (κ1) is 14.3. The minimum absolute atomic E-state index is 0.765. The molecule has 0 spiro atoms. The number of aromatic nitrogens is 1. The molecule has 0 radical (unpaired) electrons. The highest BCUT2D eigenvalue weighted by atomic mass is 16.5. The Labute approximate surface area is 126 Å². The molecule has 112 valence electrons. The zero-order valence-corrected chi connectivity index (χ0v) is 12.8. The summed E-state index contributed by atoms with van der Waals surface area (Å²) in [7, 11) is 0. The number of nitrogens with zero attached hydrogens (tertiary/aromatic N) is 1. The van der Waals surface area contributed by atoms with Gasteiger partial charge in [-0.25, -0.2) is 4.98 Å². The molecule has 0 aliphatic heterocycles. The maximum absolute atomic E-state index is 5.90. The minimum atomic E-state index is 0.765. The van der Waals surface area contributed by atoms with E-state index in [9.17, 15) is 0 Å². The van der Waals surface area contributed by atoms with E-state index >= 15 is 0 Å². The zero-order chi connectivity index (χ0) is 14.5. The van der Waals surface area contributed by atoms with Crippen LogP contribution in [0.3, 0.4) is 0 Å². The second-order valence-electron chi connectivity index (χ2n) is 5.85. The number of benzene rings is 1. The van der Waals surface area contributed by atoms with Gasteiger partial charge in [0.05, 0.1) is 12.1 Å². The van der Waals surface area contributed by atoms with E-state index in [0.717, 1.165) is 43.4 Å². The summed E-state index contributed by atoms with van der Waals surface area (Å²) in [4.78, 5) is 4.63. The van der Waals surface area contributed by atoms with Gasteiger partial charge in [-0.1, -0.05) is 44.4 Å². The molecule has 0 bridgehead atoms. The van der Waals surface area contributed by atoms with Gasteiger partial charge in [-0.3, -0.25) is 0 Å². The largest absolute Gasteiger partial charge is 0.478 e. The van der Waals surface area contributed by atoms with Gasteiger partial charge in [0, 0.05) is 18.0 Å². The minimum Gasteiger partial charge on any atom is -0.478 e. The van der Waals surface area contributed by atoms with Gasteiger partial charge in [0.15, 0.2) is 0 Å². The van der Waals surface area contributed by atoms with E-state index in [2.05, 4.69) is 41.5 Å². The highest BCUT2D eigenvalue weighted by Crippen LogP contribution is 2.29. The van der Waals surface area contributed by atoms with Gasteiger partial charge in [0.25, 0.3) is 0 Å². The summed E-state index contributed by atoms with van der Waals surface area (Å²) in [6.07, 6.45) is 5.31. The maximum atomic E-state index is 5.90. The average molecular weight is 284 g/mol. The Morgan fingerprint density at radius 3 is 2.90 bits per heavy atom. The summed E-state index contributed by atoms with van der Waals surface area (Å²) in [6, 6.07) is 10.4. The molecule has 21 heavy (non-hydrogen) atoms. The summed E-state index contributed by atoms with van der Waals surface area (Å²) in [6.45, 7) is 4.74. The topological polar surface area (TPSA) is 34.1 Å². The summed E-state index contributed by atoms with van der Waals surface area (Å²) in [5.41, 5.74) is 2.28. The summed E-state index contributed by atoms with van der Waals surface area (Å²) in [5, 5.41) is 4.61. The second kappa shape index (κ2) is 6.90. The molecule has 0 atom stereocenters. The van der Waals surface area contributed by atoms with Crippen LogP contribution < -0.4 is 10.1 Å². The highest BCUT2D eigenvalue weighted by molar-refractivity contribution is 5.82. The molecule has 3 rings (SSSR count). The number of rotatable bonds is 7. The van der Waals surface area contributed by atoms with Gasteiger partial charge in [-0.05, 0) is 30.5 Å². The van der Waals surface area contributed by atoms with Crippen LogP contribution in [-0.4, -0.2) is 18.1 Å². The Kier molecular flexibility index (Phi) is 4.71. The molecule has 1 aromatic heterocycles. The van der Waals surface area contributed by atoms with Gasteiger partial charge in [0.2, 0.25) is 5.88 Å². The molecule has 1 N–H and O–H groups in total. The van der Waals surface area contributed by atoms with Crippen LogP contribution in [0.5, 0.6) is 5.88 Å². The number of pyridine rings is 1. The molecule has 1 aromatic carbocycles. The maximum Gasteiger partial charge on any atom is 0.214 e. The molecular formula is C18H24N2O. The Hall–Kier alpha value is -1.61. The van der Waals surface area contributed by atoms with Crippen molar-refractivity contribution >= 4 is 10.9 Å². The average Bonchev–Trinajstić information content (AvgIpc) is 2.47. The number of para-hydroxylation sites is 1. The first-order valence-corrected chi connectivity index (χ1v) is 8.09. The lowest BCUT2D eigenvalue weighted by Crippen LogP contribution is -2.15. The van der Waals surface area contributed by atoms with E-state index in [4.69, 9.17) is 4.74 Å². The third-order valence-electron chi connectivity index (χ3n) is 4.34. The third-order valence-corrected chi connectivity index (χ3v) is 4.34. The fourth-order valence-electron chi connectivity index (χ4n) is 2.81. The van der Waals surface area contributed by atoms with Crippen molar-refractivity contribution in [1.82, 2.24) is 10.3 Å². The Morgan fingerprint density at radius 2 is 2.14 bits per heavy atom. The zero-order valence-electron chi connectivity index (χ0n) is 12.8. The fraction of sp³-hybridized carbons (Fsp3) is 0.500. The number of ether oxygens (including phenoxy) is 1. The van der Waals surface area contributed by atoms with Crippen LogP contribution in [0, 0.1) is 5.92 Å². The summed E-state index contributed by atoms with van der Waals surface area (Å²) >= 11 is 0. The lowest BCUT2D eigenvalue weighted by molar-refractivity contribution is 0.217. The smallest absolute Gasteiger partial charge is 0.214 e. The van der Waals surface area contributed by atoms with E-state index in [1.54, 1.807) is 0 Å². The lowest BCUT2D eigenvalue weighted by Gasteiger charge is -2.24. The van der Waals surface area contributed by atoms with Crippen molar-refractivity contribution in [2.45, 2.75) is 39.2 Å². The van der Waals surface area contributed by atoms with Crippen LogP contribution in [0.15, 0.2) is 30.3 Å². The molecule has 3 nitrogen and oxygen atoms in total. The van der Waals surface area contributed by atoms with E-state index in [0.29, 0.717) is 0 Å². The molecule has 1 fully saturated rings. The van der Waals surface area contributed by atoms with Crippen LogP contribution in [0.2, 0.25) is 0 Å². The Bertz CT molecular complexity index is 593. The van der Waals surface area contributed by atoms with Crippen LogP contribution in [-0.2, 0) is 6.54 Å². The predicted molar refractivity (Wildman–Crippen MR) is 86.6 cm³/mol. The molecule has 0 unspecified atom stereocenters. The van der Waals surface area contributed by atoms with Crippen molar-refractivity contribution < 1.29 is 4.74 Å². The fourth-order valence-corrected chi connectivity index (χ4v) is 2.81. The third kappa shape index (κ3) is 3.53. The first-order valence-electron chi connectivity index (χ1n) is 8.09. The lowest BCUT2D eigenvalue weighted by atomic mass is 9.83. The van der Waals surface area contributed by atoms with Crippen molar-refractivity contribution in [1.29, 1.82) is 0 Å². The van der Waals surface area contributed by atoms with Crippen LogP contribution in [0.25, 0.3) is 10.9 Å². The van der Waals surface area contributed by atoms with Crippen molar-refractivity contribution in [2.24, 2.45) is 5.92 Å². The molecule has 0 amide bonds. The van der Waals surface area contributed by atoms with Gasteiger partial charge in [-0.15, -0.1) is 0 Å². The molecule has 1 saturated carbocycles. The summed E-state index contributed by atoms with van der Waals surface area (Å²) < 4.78 is 5.90. The molecule has 3 heteroatoms. The quantitative estimate of drug-likeness (QED) is 0.837. The molecule has 1 heterocycles. The first-order chi connectivity index (χ1) is 10.4. The van der Waals surface area contributed by atoms with Gasteiger partial charge >= 0.3 is 0 Å². The van der Waals surface area contributed by atoms with Gasteiger partial charge in [0.1, 0.15) is 0 Å². The highest BCUT2D eigenvalue weighted by Gasteiger charge is 2.17. The van der Waals surface area contributed by atoms with Crippen LogP contribution in [0.4, 0.5) is 0 Å². The normalized spacial score (nSPS) is 15.1. The Morgan fingerprint density at radius 1 is 1.29 bits per heavy atom. The number of hydrogen-bond acceptors (Lipinski definition) is 3. The van der Waals surface area contributed by atoms with Crippen molar-refractivity contribution in [3.63, 3.8) is 0 Å². The molecule has 1 aliphatic rings. The molecule has 2 aromatic rings. The number of fused-ring (bicyclic) bond motifs is 1. The monoisotopic (exact) mass is 284 g/mol. The second-order valence-corrected chi connectivity index (χ2v) is 5.85. The number of nitrogens with one attached hydrogen (secondary N) is 1. The summed E-state index contributed by atoms with van der Waals surface area (Å²) in [5.74, 6) is 1.65. The Balaban J connectivity index is 1.74. The van der Waals surface area contributed by atoms with Crippen LogP contribution >= 0.6 is 0 Å². The predicted octanol–water partition coefficient (Wildman–Crippen LogP) is 3.91. The van der Waals surface area contributed by atoms with Crippen molar-refractivity contribution in [3.05, 3.63) is 35.9 Å². The van der Waals surface area contributed by atoms with E-state index in [1.807, 2.05) is 6.07 Å².